The SMILES string of the molecule is O=Cc1c(OC(F)(F)F)cccc1-c1cccc(Cl)c1. The third kappa shape index (κ3) is 3.30. The van der Waals surface area contributed by atoms with E-state index in [0.717, 1.165) is 6.07 Å². The number of halogens is 4. The third-order valence-electron chi connectivity index (χ3n) is 2.55. The second-order valence-electron chi connectivity index (χ2n) is 3.89. The third-order valence-corrected chi connectivity index (χ3v) is 2.78. The number of ether oxygens (including phenoxy) is 1. The van der Waals surface area contributed by atoms with Crippen LogP contribution in [0.1, 0.15) is 10.4 Å². The van der Waals surface area contributed by atoms with Crippen molar-refractivity contribution in [2.45, 2.75) is 6.36 Å². The summed E-state index contributed by atoms with van der Waals surface area (Å²) in [6.07, 6.45) is -4.53. The van der Waals surface area contributed by atoms with E-state index >= 15 is 0 Å². The summed E-state index contributed by atoms with van der Waals surface area (Å²) >= 11 is 5.84. The maximum atomic E-state index is 12.3. The van der Waals surface area contributed by atoms with E-state index in [1.165, 1.54) is 12.1 Å². The van der Waals surface area contributed by atoms with E-state index in [9.17, 15) is 18.0 Å². The van der Waals surface area contributed by atoms with Crippen LogP contribution in [0.4, 0.5) is 13.2 Å². The normalized spacial score (nSPS) is 11.2. The van der Waals surface area contributed by atoms with Crippen LogP contribution in [0.3, 0.4) is 0 Å². The number of aldehydes is 1. The molecule has 2 aromatic carbocycles. The van der Waals surface area contributed by atoms with Crippen molar-refractivity contribution in [1.29, 1.82) is 0 Å². The topological polar surface area (TPSA) is 26.3 Å². The monoisotopic (exact) mass is 300 g/mol. The second kappa shape index (κ2) is 5.54. The lowest BCUT2D eigenvalue weighted by Gasteiger charge is -2.13. The first-order valence-corrected chi connectivity index (χ1v) is 5.88. The molecule has 6 heteroatoms. The molecule has 104 valence electrons. The summed E-state index contributed by atoms with van der Waals surface area (Å²) in [5, 5.41) is 0.418. The Kier molecular flexibility index (Phi) is 3.99. The Bertz CT molecular complexity index is 639. The highest BCUT2D eigenvalue weighted by molar-refractivity contribution is 6.30. The summed E-state index contributed by atoms with van der Waals surface area (Å²) in [6, 6.07) is 10.5. The molecule has 2 aromatic rings. The quantitative estimate of drug-likeness (QED) is 0.767. The zero-order valence-electron chi connectivity index (χ0n) is 9.95. The lowest BCUT2D eigenvalue weighted by Crippen LogP contribution is -2.18. The van der Waals surface area contributed by atoms with Gasteiger partial charge in [0.2, 0.25) is 0 Å². The Labute approximate surface area is 117 Å². The van der Waals surface area contributed by atoms with Gasteiger partial charge in [-0.3, -0.25) is 4.79 Å². The molecule has 0 saturated carbocycles. The number of hydrogen-bond donors (Lipinski definition) is 0. The van der Waals surface area contributed by atoms with Crippen LogP contribution < -0.4 is 4.74 Å². The molecule has 0 N–H and O–H groups in total. The van der Waals surface area contributed by atoms with Crippen LogP contribution in [0.25, 0.3) is 11.1 Å². The summed E-state index contributed by atoms with van der Waals surface area (Å²) in [4.78, 5) is 11.1. The van der Waals surface area contributed by atoms with Gasteiger partial charge in [0, 0.05) is 5.02 Å². The molecule has 2 nitrogen and oxygen atoms in total. The van der Waals surface area contributed by atoms with Gasteiger partial charge in [0.15, 0.2) is 6.29 Å². The molecule has 0 atom stereocenters. The number of carbonyl (C=O) groups is 1. The van der Waals surface area contributed by atoms with E-state index in [-0.39, 0.29) is 5.56 Å². The van der Waals surface area contributed by atoms with Crippen molar-refractivity contribution in [1.82, 2.24) is 0 Å². The molecular formula is C14H8ClF3O2. The molecule has 0 aliphatic rings. The molecule has 0 saturated heterocycles. The fraction of sp³-hybridized carbons (Fsp3) is 0.0714. The molecule has 0 amide bonds. The van der Waals surface area contributed by atoms with Crippen LogP contribution in [0.2, 0.25) is 5.02 Å². The van der Waals surface area contributed by atoms with Gasteiger partial charge in [0.1, 0.15) is 5.75 Å². The lowest BCUT2D eigenvalue weighted by molar-refractivity contribution is -0.274. The van der Waals surface area contributed by atoms with Crippen LogP contribution in [-0.2, 0) is 0 Å². The molecule has 0 heterocycles. The number of rotatable bonds is 3. The predicted octanol–water partition coefficient (Wildman–Crippen LogP) is 4.72. The maximum Gasteiger partial charge on any atom is 0.573 e. The summed E-state index contributed by atoms with van der Waals surface area (Å²) in [6.45, 7) is 0. The largest absolute Gasteiger partial charge is 0.573 e. The van der Waals surface area contributed by atoms with Crippen molar-refractivity contribution < 1.29 is 22.7 Å². The molecule has 2 rings (SSSR count). The van der Waals surface area contributed by atoms with Crippen molar-refractivity contribution in [2.75, 3.05) is 0 Å². The average Bonchev–Trinajstić information content (AvgIpc) is 2.36. The van der Waals surface area contributed by atoms with Crippen LogP contribution in [0.5, 0.6) is 5.75 Å². The summed E-state index contributed by atoms with van der Waals surface area (Å²) in [5.41, 5.74) is 0.684. The number of carbonyl (C=O) groups excluding carboxylic acids is 1. The van der Waals surface area contributed by atoms with Gasteiger partial charge in [0.25, 0.3) is 0 Å². The Morgan fingerprint density at radius 1 is 1.10 bits per heavy atom. The maximum absolute atomic E-state index is 12.3. The van der Waals surface area contributed by atoms with Crippen LogP contribution in [-0.4, -0.2) is 12.6 Å². The zero-order chi connectivity index (χ0) is 14.8. The predicted molar refractivity (Wildman–Crippen MR) is 69.0 cm³/mol. The highest BCUT2D eigenvalue weighted by Crippen LogP contribution is 2.33. The van der Waals surface area contributed by atoms with Crippen molar-refractivity contribution >= 4 is 17.9 Å². The molecule has 0 spiro atoms. The van der Waals surface area contributed by atoms with Gasteiger partial charge in [0.05, 0.1) is 5.56 Å². The molecule has 0 radical (unpaired) electrons. The minimum atomic E-state index is -4.86. The van der Waals surface area contributed by atoms with Crippen molar-refractivity contribution in [2.24, 2.45) is 0 Å². The first kappa shape index (κ1) is 14.4. The minimum absolute atomic E-state index is 0.174. The van der Waals surface area contributed by atoms with Gasteiger partial charge in [-0.05, 0) is 29.3 Å². The van der Waals surface area contributed by atoms with Gasteiger partial charge in [-0.2, -0.15) is 0 Å². The highest BCUT2D eigenvalue weighted by Gasteiger charge is 2.32. The summed E-state index contributed by atoms with van der Waals surface area (Å²) in [5.74, 6) is -0.537. The van der Waals surface area contributed by atoms with Crippen LogP contribution >= 0.6 is 11.6 Å². The fourth-order valence-corrected chi connectivity index (χ4v) is 1.98. The van der Waals surface area contributed by atoms with E-state index in [2.05, 4.69) is 4.74 Å². The highest BCUT2D eigenvalue weighted by atomic mass is 35.5. The number of benzene rings is 2. The zero-order valence-corrected chi connectivity index (χ0v) is 10.7. The van der Waals surface area contributed by atoms with Gasteiger partial charge in [-0.15, -0.1) is 13.2 Å². The van der Waals surface area contributed by atoms with E-state index in [1.54, 1.807) is 24.3 Å². The number of hydrogen-bond acceptors (Lipinski definition) is 2. The van der Waals surface area contributed by atoms with Crippen molar-refractivity contribution in [3.8, 4) is 16.9 Å². The van der Waals surface area contributed by atoms with Crippen LogP contribution in [0.15, 0.2) is 42.5 Å². The van der Waals surface area contributed by atoms with Gasteiger partial charge in [-0.25, -0.2) is 0 Å². The fourth-order valence-electron chi connectivity index (χ4n) is 1.79. The van der Waals surface area contributed by atoms with E-state index in [4.69, 9.17) is 11.6 Å². The van der Waals surface area contributed by atoms with Crippen molar-refractivity contribution in [3.05, 3.63) is 53.1 Å². The van der Waals surface area contributed by atoms with Gasteiger partial charge >= 0.3 is 6.36 Å². The van der Waals surface area contributed by atoms with E-state index in [0.29, 0.717) is 22.4 Å². The lowest BCUT2D eigenvalue weighted by atomic mass is 10.00. The van der Waals surface area contributed by atoms with Crippen molar-refractivity contribution in [3.63, 3.8) is 0 Å². The molecule has 0 unspecified atom stereocenters. The Morgan fingerprint density at radius 3 is 2.40 bits per heavy atom. The standard InChI is InChI=1S/C14H8ClF3O2/c15-10-4-1-3-9(7-10)11-5-2-6-13(12(11)8-19)20-14(16,17)18/h1-8H. The van der Waals surface area contributed by atoms with E-state index < -0.39 is 12.1 Å². The van der Waals surface area contributed by atoms with Gasteiger partial charge < -0.3 is 4.74 Å². The Balaban J connectivity index is 2.54. The van der Waals surface area contributed by atoms with Gasteiger partial charge in [-0.1, -0.05) is 35.9 Å². The summed E-state index contributed by atoms with van der Waals surface area (Å²) in [7, 11) is 0. The second-order valence-corrected chi connectivity index (χ2v) is 4.33. The first-order chi connectivity index (χ1) is 9.40. The molecule has 0 bridgehead atoms. The molecule has 0 aliphatic carbocycles. The van der Waals surface area contributed by atoms with Crippen LogP contribution in [0, 0.1) is 0 Å². The molecular weight excluding hydrogens is 293 g/mol. The first-order valence-electron chi connectivity index (χ1n) is 5.50. The molecule has 0 fully saturated rings. The molecule has 0 aromatic heterocycles. The Hall–Kier alpha value is -2.01. The minimum Gasteiger partial charge on any atom is -0.405 e. The molecule has 20 heavy (non-hydrogen) atoms. The average molecular weight is 301 g/mol. The molecule has 0 aliphatic heterocycles. The number of alkyl halides is 3. The Morgan fingerprint density at radius 2 is 1.80 bits per heavy atom. The van der Waals surface area contributed by atoms with E-state index in [1.807, 2.05) is 0 Å². The smallest absolute Gasteiger partial charge is 0.405 e. The summed E-state index contributed by atoms with van der Waals surface area (Å²) < 4.78 is 40.7.